The van der Waals surface area contributed by atoms with Crippen molar-refractivity contribution in [3.8, 4) is 0 Å². The molecule has 0 fully saturated rings. The van der Waals surface area contributed by atoms with Crippen molar-refractivity contribution in [2.45, 2.75) is 13.1 Å². The Bertz CT molecular complexity index is 631. The van der Waals surface area contributed by atoms with Crippen molar-refractivity contribution < 1.29 is 0 Å². The van der Waals surface area contributed by atoms with E-state index >= 15 is 0 Å². The van der Waals surface area contributed by atoms with Gasteiger partial charge in [0.25, 0.3) is 0 Å². The molecule has 0 aliphatic carbocycles. The minimum Gasteiger partial charge on any atom is -0.348 e. The first-order valence-electron chi connectivity index (χ1n) is 5.93. The highest BCUT2D eigenvalue weighted by Gasteiger charge is 1.97. The molecule has 0 amide bonds. The Balaban J connectivity index is 1.67. The fourth-order valence-electron chi connectivity index (χ4n) is 1.96. The summed E-state index contributed by atoms with van der Waals surface area (Å²) in [6.07, 6.45) is 7.30. The number of imidazole rings is 1. The summed E-state index contributed by atoms with van der Waals surface area (Å²) in [6, 6.07) is 8.45. The van der Waals surface area contributed by atoms with Crippen LogP contribution in [0.25, 0.3) is 10.8 Å². The molecular formula is C14H14N4. The molecule has 0 aliphatic heterocycles. The Hall–Kier alpha value is -2.20. The van der Waals surface area contributed by atoms with Crippen LogP contribution in [0.1, 0.15) is 11.4 Å². The molecule has 0 spiro atoms. The molecule has 2 heterocycles. The number of aromatic amines is 1. The van der Waals surface area contributed by atoms with Gasteiger partial charge in [-0.2, -0.15) is 0 Å². The Morgan fingerprint density at radius 1 is 1.06 bits per heavy atom. The third-order valence-corrected chi connectivity index (χ3v) is 2.88. The smallest absolute Gasteiger partial charge is 0.120 e. The van der Waals surface area contributed by atoms with E-state index in [0.717, 1.165) is 18.9 Å². The van der Waals surface area contributed by atoms with E-state index in [4.69, 9.17) is 0 Å². The summed E-state index contributed by atoms with van der Waals surface area (Å²) in [5.74, 6) is 0.958. The first-order chi connectivity index (χ1) is 8.92. The molecule has 0 saturated carbocycles. The maximum Gasteiger partial charge on any atom is 0.120 e. The van der Waals surface area contributed by atoms with Crippen LogP contribution in [0, 0.1) is 0 Å². The summed E-state index contributed by atoms with van der Waals surface area (Å²) in [5.41, 5.74) is 1.26. The van der Waals surface area contributed by atoms with Gasteiger partial charge >= 0.3 is 0 Å². The Kier molecular flexibility index (Phi) is 3.02. The standard InChI is InChI=1S/C14H14N4/c1-2-13-9-15-4-3-12(13)7-11(1)8-16-10-14-17-5-6-18-14/h1-7,9,16H,8,10H2,(H,17,18). The van der Waals surface area contributed by atoms with Gasteiger partial charge in [-0.15, -0.1) is 0 Å². The van der Waals surface area contributed by atoms with Crippen LogP contribution in [0.15, 0.2) is 49.1 Å². The van der Waals surface area contributed by atoms with Gasteiger partial charge in [0.05, 0.1) is 6.54 Å². The van der Waals surface area contributed by atoms with Crippen molar-refractivity contribution in [2.24, 2.45) is 0 Å². The molecule has 1 aromatic carbocycles. The zero-order chi connectivity index (χ0) is 12.2. The van der Waals surface area contributed by atoms with Crippen molar-refractivity contribution in [1.82, 2.24) is 20.3 Å². The molecule has 0 unspecified atom stereocenters. The summed E-state index contributed by atoms with van der Waals surface area (Å²) in [7, 11) is 0. The number of pyridine rings is 1. The molecule has 18 heavy (non-hydrogen) atoms. The third kappa shape index (κ3) is 2.38. The highest BCUT2D eigenvalue weighted by molar-refractivity contribution is 5.81. The van der Waals surface area contributed by atoms with E-state index < -0.39 is 0 Å². The lowest BCUT2D eigenvalue weighted by Gasteiger charge is -2.04. The lowest BCUT2D eigenvalue weighted by molar-refractivity contribution is 0.669. The largest absolute Gasteiger partial charge is 0.348 e. The molecule has 0 aliphatic rings. The second-order valence-corrected chi connectivity index (χ2v) is 4.20. The van der Waals surface area contributed by atoms with Crippen molar-refractivity contribution >= 4 is 10.8 Å². The van der Waals surface area contributed by atoms with Gasteiger partial charge in [-0.3, -0.25) is 4.98 Å². The minimum atomic E-state index is 0.751. The molecule has 0 saturated heterocycles. The minimum absolute atomic E-state index is 0.751. The molecule has 2 N–H and O–H groups in total. The van der Waals surface area contributed by atoms with E-state index in [-0.39, 0.29) is 0 Å². The van der Waals surface area contributed by atoms with E-state index in [9.17, 15) is 0 Å². The predicted molar refractivity (Wildman–Crippen MR) is 70.9 cm³/mol. The summed E-state index contributed by atoms with van der Waals surface area (Å²) in [4.78, 5) is 11.4. The van der Waals surface area contributed by atoms with Crippen molar-refractivity contribution in [3.63, 3.8) is 0 Å². The maximum atomic E-state index is 4.17. The van der Waals surface area contributed by atoms with Crippen LogP contribution >= 0.6 is 0 Å². The van der Waals surface area contributed by atoms with Crippen molar-refractivity contribution in [2.75, 3.05) is 0 Å². The lowest BCUT2D eigenvalue weighted by atomic mass is 10.1. The molecule has 3 rings (SSSR count). The molecular weight excluding hydrogens is 224 g/mol. The first kappa shape index (κ1) is 10.9. The third-order valence-electron chi connectivity index (χ3n) is 2.88. The normalized spacial score (nSPS) is 10.9. The molecule has 90 valence electrons. The van der Waals surface area contributed by atoms with Gasteiger partial charge in [0.2, 0.25) is 0 Å². The molecule has 3 aromatic rings. The highest BCUT2D eigenvalue weighted by atomic mass is 15.0. The summed E-state index contributed by atoms with van der Waals surface area (Å²) >= 11 is 0. The highest BCUT2D eigenvalue weighted by Crippen LogP contribution is 2.14. The topological polar surface area (TPSA) is 53.6 Å². The zero-order valence-corrected chi connectivity index (χ0v) is 9.93. The molecule has 4 heteroatoms. The van der Waals surface area contributed by atoms with Crippen molar-refractivity contribution in [3.05, 3.63) is 60.4 Å². The molecule has 2 aromatic heterocycles. The predicted octanol–water partition coefficient (Wildman–Crippen LogP) is 2.25. The number of hydrogen-bond donors (Lipinski definition) is 2. The van der Waals surface area contributed by atoms with Crippen LogP contribution in [0.3, 0.4) is 0 Å². The quantitative estimate of drug-likeness (QED) is 0.733. The fraction of sp³-hybridized carbons (Fsp3) is 0.143. The SMILES string of the molecule is c1cc2cc(CNCc3ncc[nH]3)ccc2cn1. The number of nitrogens with one attached hydrogen (secondary N) is 2. The average molecular weight is 238 g/mol. The number of fused-ring (bicyclic) bond motifs is 1. The number of H-pyrrole nitrogens is 1. The van der Waals surface area contributed by atoms with Crippen LogP contribution in [0.5, 0.6) is 0 Å². The zero-order valence-electron chi connectivity index (χ0n) is 9.93. The van der Waals surface area contributed by atoms with Crippen LogP contribution in [0.4, 0.5) is 0 Å². The maximum absolute atomic E-state index is 4.17. The Labute approximate surface area is 105 Å². The number of benzene rings is 1. The van der Waals surface area contributed by atoms with Crippen LogP contribution in [-0.4, -0.2) is 15.0 Å². The molecule has 0 radical (unpaired) electrons. The van der Waals surface area contributed by atoms with E-state index in [0.29, 0.717) is 0 Å². The number of nitrogens with zero attached hydrogens (tertiary/aromatic N) is 2. The summed E-state index contributed by atoms with van der Waals surface area (Å²) in [6.45, 7) is 1.58. The van der Waals surface area contributed by atoms with Gasteiger partial charge in [0, 0.05) is 36.7 Å². The monoisotopic (exact) mass is 238 g/mol. The fourth-order valence-corrected chi connectivity index (χ4v) is 1.96. The van der Waals surface area contributed by atoms with Gasteiger partial charge in [0.15, 0.2) is 0 Å². The Morgan fingerprint density at radius 2 is 2.06 bits per heavy atom. The van der Waals surface area contributed by atoms with Gasteiger partial charge in [-0.25, -0.2) is 4.98 Å². The Morgan fingerprint density at radius 3 is 2.94 bits per heavy atom. The van der Waals surface area contributed by atoms with Gasteiger partial charge in [0.1, 0.15) is 5.82 Å². The first-order valence-corrected chi connectivity index (χ1v) is 5.93. The summed E-state index contributed by atoms with van der Waals surface area (Å²) in [5, 5.41) is 5.76. The van der Waals surface area contributed by atoms with Gasteiger partial charge < -0.3 is 10.3 Å². The lowest BCUT2D eigenvalue weighted by Crippen LogP contribution is -2.13. The van der Waals surface area contributed by atoms with Crippen LogP contribution in [-0.2, 0) is 13.1 Å². The number of hydrogen-bond acceptors (Lipinski definition) is 3. The van der Waals surface area contributed by atoms with E-state index in [1.165, 1.54) is 16.3 Å². The van der Waals surface area contributed by atoms with E-state index in [1.807, 2.05) is 24.7 Å². The van der Waals surface area contributed by atoms with Crippen LogP contribution < -0.4 is 5.32 Å². The molecule has 0 atom stereocenters. The van der Waals surface area contributed by atoms with Crippen molar-refractivity contribution in [1.29, 1.82) is 0 Å². The second kappa shape index (κ2) is 4.98. The van der Waals surface area contributed by atoms with Crippen LogP contribution in [0.2, 0.25) is 0 Å². The number of rotatable bonds is 4. The molecule has 4 nitrogen and oxygen atoms in total. The second-order valence-electron chi connectivity index (χ2n) is 4.20. The summed E-state index contributed by atoms with van der Waals surface area (Å²) < 4.78 is 0. The van der Waals surface area contributed by atoms with Gasteiger partial charge in [-0.05, 0) is 23.1 Å². The van der Waals surface area contributed by atoms with E-state index in [2.05, 4.69) is 38.5 Å². The van der Waals surface area contributed by atoms with Gasteiger partial charge in [-0.1, -0.05) is 12.1 Å². The number of aromatic nitrogens is 3. The molecule has 0 bridgehead atoms. The average Bonchev–Trinajstić information content (AvgIpc) is 2.92. The van der Waals surface area contributed by atoms with E-state index in [1.54, 1.807) is 6.20 Å².